The van der Waals surface area contributed by atoms with Crippen LogP contribution in [-0.2, 0) is 10.2 Å². The molecule has 1 aliphatic heterocycles. The second kappa shape index (κ2) is 2.92. The lowest BCUT2D eigenvalue weighted by atomic mass is 9.77. The van der Waals surface area contributed by atoms with Crippen molar-refractivity contribution >= 4 is 0 Å². The molecule has 0 radical (unpaired) electrons. The molecule has 0 aliphatic carbocycles. The van der Waals surface area contributed by atoms with Crippen LogP contribution in [0.4, 0.5) is 0 Å². The SMILES string of the molecule is OCCC1(c2cc[nH]c2)COC1. The number of ether oxygens (including phenoxy) is 1. The molecule has 0 spiro atoms. The Morgan fingerprint density at radius 1 is 1.58 bits per heavy atom. The van der Waals surface area contributed by atoms with Gasteiger partial charge in [0.2, 0.25) is 0 Å². The number of aliphatic hydroxyl groups is 1. The van der Waals surface area contributed by atoms with Gasteiger partial charge in [-0.15, -0.1) is 0 Å². The van der Waals surface area contributed by atoms with E-state index >= 15 is 0 Å². The summed E-state index contributed by atoms with van der Waals surface area (Å²) in [6.45, 7) is 1.71. The van der Waals surface area contributed by atoms with Gasteiger partial charge in [0.25, 0.3) is 0 Å². The average Bonchev–Trinajstić information content (AvgIpc) is 2.48. The van der Waals surface area contributed by atoms with Crippen molar-refractivity contribution < 1.29 is 9.84 Å². The lowest BCUT2D eigenvalue weighted by molar-refractivity contribution is -0.0700. The van der Waals surface area contributed by atoms with Gasteiger partial charge >= 0.3 is 0 Å². The lowest BCUT2D eigenvalue weighted by Crippen LogP contribution is -2.47. The lowest BCUT2D eigenvalue weighted by Gasteiger charge is -2.40. The summed E-state index contributed by atoms with van der Waals surface area (Å²) in [6, 6.07) is 2.05. The van der Waals surface area contributed by atoms with E-state index in [0.29, 0.717) is 0 Å². The molecule has 2 heterocycles. The molecule has 3 nitrogen and oxygen atoms in total. The van der Waals surface area contributed by atoms with Gasteiger partial charge in [0.05, 0.1) is 13.2 Å². The quantitative estimate of drug-likeness (QED) is 0.694. The number of hydrogen-bond donors (Lipinski definition) is 2. The first-order valence-corrected chi connectivity index (χ1v) is 4.19. The molecule has 1 saturated heterocycles. The van der Waals surface area contributed by atoms with E-state index in [1.807, 2.05) is 12.4 Å². The Kier molecular flexibility index (Phi) is 1.90. The molecule has 1 aromatic rings. The average molecular weight is 167 g/mol. The fourth-order valence-electron chi connectivity index (χ4n) is 1.67. The molecule has 1 aromatic heterocycles. The normalized spacial score (nSPS) is 20.4. The number of aromatic nitrogens is 1. The number of rotatable bonds is 3. The van der Waals surface area contributed by atoms with Gasteiger partial charge < -0.3 is 14.8 Å². The van der Waals surface area contributed by atoms with E-state index in [-0.39, 0.29) is 12.0 Å². The molecule has 0 saturated carbocycles. The van der Waals surface area contributed by atoms with Crippen LogP contribution < -0.4 is 0 Å². The highest BCUT2D eigenvalue weighted by Crippen LogP contribution is 2.35. The molecule has 0 atom stereocenters. The van der Waals surface area contributed by atoms with Gasteiger partial charge in [-0.05, 0) is 18.1 Å². The molecule has 0 amide bonds. The third-order valence-electron chi connectivity index (χ3n) is 2.56. The molecule has 66 valence electrons. The highest BCUT2D eigenvalue weighted by atomic mass is 16.5. The summed E-state index contributed by atoms with van der Waals surface area (Å²) in [7, 11) is 0. The van der Waals surface area contributed by atoms with Crippen LogP contribution >= 0.6 is 0 Å². The van der Waals surface area contributed by atoms with E-state index in [9.17, 15) is 0 Å². The maximum atomic E-state index is 8.90. The van der Waals surface area contributed by atoms with Crippen LogP contribution in [0.5, 0.6) is 0 Å². The van der Waals surface area contributed by atoms with Crippen molar-refractivity contribution in [2.24, 2.45) is 0 Å². The van der Waals surface area contributed by atoms with Crippen molar-refractivity contribution in [3.8, 4) is 0 Å². The number of H-pyrrole nitrogens is 1. The second-order valence-electron chi connectivity index (χ2n) is 3.35. The van der Waals surface area contributed by atoms with Crippen molar-refractivity contribution in [1.82, 2.24) is 4.98 Å². The van der Waals surface area contributed by atoms with Crippen molar-refractivity contribution in [2.45, 2.75) is 11.8 Å². The zero-order valence-corrected chi connectivity index (χ0v) is 6.92. The van der Waals surface area contributed by atoms with Gasteiger partial charge in [0.15, 0.2) is 0 Å². The molecule has 0 aromatic carbocycles. The Bertz CT molecular complexity index is 239. The predicted octanol–water partition coefficient (Wildman–Crippen LogP) is 0.665. The molecule has 1 aliphatic rings. The van der Waals surface area contributed by atoms with E-state index in [2.05, 4.69) is 11.1 Å². The highest BCUT2D eigenvalue weighted by molar-refractivity contribution is 5.24. The fraction of sp³-hybridized carbons (Fsp3) is 0.556. The first-order chi connectivity index (χ1) is 5.87. The number of hydrogen-bond acceptors (Lipinski definition) is 2. The molecular weight excluding hydrogens is 154 g/mol. The van der Waals surface area contributed by atoms with Gasteiger partial charge in [-0.1, -0.05) is 0 Å². The summed E-state index contributed by atoms with van der Waals surface area (Å²) in [5, 5.41) is 8.90. The zero-order valence-electron chi connectivity index (χ0n) is 6.92. The van der Waals surface area contributed by atoms with E-state index in [1.54, 1.807) is 0 Å². The summed E-state index contributed by atoms with van der Waals surface area (Å²) in [5.74, 6) is 0. The van der Waals surface area contributed by atoms with Gasteiger partial charge in [-0.2, -0.15) is 0 Å². The molecule has 12 heavy (non-hydrogen) atoms. The Morgan fingerprint density at radius 2 is 2.42 bits per heavy atom. The fourth-order valence-corrected chi connectivity index (χ4v) is 1.67. The van der Waals surface area contributed by atoms with E-state index < -0.39 is 0 Å². The molecule has 1 fully saturated rings. The molecule has 3 heteroatoms. The van der Waals surface area contributed by atoms with Crippen molar-refractivity contribution in [2.75, 3.05) is 19.8 Å². The first kappa shape index (κ1) is 7.83. The van der Waals surface area contributed by atoms with Crippen LogP contribution in [0.25, 0.3) is 0 Å². The number of aromatic amines is 1. The smallest absolute Gasteiger partial charge is 0.0587 e. The Hall–Kier alpha value is -0.800. The minimum absolute atomic E-state index is 0.0920. The summed E-state index contributed by atoms with van der Waals surface area (Å²) in [6.07, 6.45) is 4.69. The summed E-state index contributed by atoms with van der Waals surface area (Å²) in [5.41, 5.74) is 1.34. The standard InChI is InChI=1S/C9H13NO2/c11-4-2-9(6-12-7-9)8-1-3-10-5-8/h1,3,5,10-11H,2,4,6-7H2. The Balaban J connectivity index is 2.17. The number of aliphatic hydroxyl groups excluding tert-OH is 1. The van der Waals surface area contributed by atoms with Gasteiger partial charge in [-0.3, -0.25) is 0 Å². The second-order valence-corrected chi connectivity index (χ2v) is 3.35. The third-order valence-corrected chi connectivity index (χ3v) is 2.56. The zero-order chi connectivity index (χ0) is 8.44. The Morgan fingerprint density at radius 3 is 2.83 bits per heavy atom. The van der Waals surface area contributed by atoms with Crippen LogP contribution in [-0.4, -0.2) is 29.9 Å². The van der Waals surface area contributed by atoms with E-state index in [0.717, 1.165) is 19.6 Å². The molecular formula is C9H13NO2. The van der Waals surface area contributed by atoms with Crippen LogP contribution in [0.2, 0.25) is 0 Å². The molecule has 2 N–H and O–H groups in total. The summed E-state index contributed by atoms with van der Waals surface area (Å²) in [4.78, 5) is 3.02. The number of nitrogens with one attached hydrogen (secondary N) is 1. The minimum atomic E-state index is 0.0920. The minimum Gasteiger partial charge on any atom is -0.396 e. The monoisotopic (exact) mass is 167 g/mol. The van der Waals surface area contributed by atoms with Crippen molar-refractivity contribution in [1.29, 1.82) is 0 Å². The van der Waals surface area contributed by atoms with E-state index in [4.69, 9.17) is 9.84 Å². The maximum Gasteiger partial charge on any atom is 0.0587 e. The van der Waals surface area contributed by atoms with Crippen molar-refractivity contribution in [3.63, 3.8) is 0 Å². The highest BCUT2D eigenvalue weighted by Gasteiger charge is 2.39. The molecule has 0 unspecified atom stereocenters. The summed E-state index contributed by atoms with van der Waals surface area (Å²) >= 11 is 0. The molecule has 2 rings (SSSR count). The topological polar surface area (TPSA) is 45.2 Å². The summed E-state index contributed by atoms with van der Waals surface area (Å²) < 4.78 is 5.19. The van der Waals surface area contributed by atoms with Crippen LogP contribution in [0.1, 0.15) is 12.0 Å². The van der Waals surface area contributed by atoms with Crippen LogP contribution in [0, 0.1) is 0 Å². The Labute approximate surface area is 71.4 Å². The van der Waals surface area contributed by atoms with Crippen molar-refractivity contribution in [3.05, 3.63) is 24.0 Å². The van der Waals surface area contributed by atoms with Gasteiger partial charge in [0, 0.05) is 24.4 Å². The van der Waals surface area contributed by atoms with Crippen LogP contribution in [0.15, 0.2) is 18.5 Å². The predicted molar refractivity (Wildman–Crippen MR) is 45.0 cm³/mol. The first-order valence-electron chi connectivity index (χ1n) is 4.19. The molecule has 0 bridgehead atoms. The van der Waals surface area contributed by atoms with Gasteiger partial charge in [0.1, 0.15) is 0 Å². The maximum absolute atomic E-state index is 8.90. The van der Waals surface area contributed by atoms with E-state index in [1.165, 1.54) is 5.56 Å². The van der Waals surface area contributed by atoms with Gasteiger partial charge in [-0.25, -0.2) is 0 Å². The van der Waals surface area contributed by atoms with Crippen LogP contribution in [0.3, 0.4) is 0 Å². The third kappa shape index (κ3) is 1.06. The largest absolute Gasteiger partial charge is 0.396 e.